The van der Waals surface area contributed by atoms with Crippen LogP contribution in [0.1, 0.15) is 46.6 Å². The molecule has 1 atom stereocenters. The molecule has 0 spiro atoms. The average Bonchev–Trinajstić information content (AvgIpc) is 2.36. The van der Waals surface area contributed by atoms with Crippen LogP contribution in [-0.2, 0) is 11.0 Å². The van der Waals surface area contributed by atoms with E-state index in [0.29, 0.717) is 12.3 Å². The molecule has 0 fully saturated rings. The van der Waals surface area contributed by atoms with Gasteiger partial charge in [0.1, 0.15) is 11.0 Å². The van der Waals surface area contributed by atoms with E-state index < -0.39 is 21.5 Å². The third-order valence-corrected chi connectivity index (χ3v) is 4.04. The first-order valence-electron chi connectivity index (χ1n) is 6.65. The fourth-order valence-electron chi connectivity index (χ4n) is 1.37. The Labute approximate surface area is 122 Å². The second-order valence-electron chi connectivity index (χ2n) is 5.53. The predicted octanol–water partition coefficient (Wildman–Crippen LogP) is 3.89. The molecule has 0 aliphatic rings. The topological polar surface area (TPSA) is 38.7 Å². The van der Waals surface area contributed by atoms with Gasteiger partial charge in [-0.15, -0.1) is 0 Å². The largest absolute Gasteiger partial charge is 0.491 e. The molecule has 0 saturated heterocycles. The quantitative estimate of drug-likeness (QED) is 0.774. The molecule has 0 N–H and O–H groups in total. The smallest absolute Gasteiger partial charge is 0.165 e. The van der Waals surface area contributed by atoms with Gasteiger partial charge in [-0.2, -0.15) is 4.40 Å². The van der Waals surface area contributed by atoms with Crippen molar-refractivity contribution in [1.82, 2.24) is 0 Å². The van der Waals surface area contributed by atoms with Gasteiger partial charge in [0, 0.05) is 5.56 Å². The van der Waals surface area contributed by atoms with E-state index in [9.17, 15) is 8.60 Å². The van der Waals surface area contributed by atoms with Crippen molar-refractivity contribution in [2.75, 3.05) is 6.61 Å². The molecular formula is C15H22FNO2S. The summed E-state index contributed by atoms with van der Waals surface area (Å²) in [5, 5.41) is 0. The summed E-state index contributed by atoms with van der Waals surface area (Å²) >= 11 is 0. The third-order valence-electron chi connectivity index (χ3n) is 2.55. The minimum atomic E-state index is -1.33. The second-order valence-corrected chi connectivity index (χ2v) is 7.44. The van der Waals surface area contributed by atoms with E-state index >= 15 is 0 Å². The van der Waals surface area contributed by atoms with Crippen LogP contribution in [0, 0.1) is 5.82 Å². The highest BCUT2D eigenvalue weighted by Crippen LogP contribution is 2.21. The van der Waals surface area contributed by atoms with Gasteiger partial charge in [-0.05, 0) is 52.3 Å². The van der Waals surface area contributed by atoms with Crippen LogP contribution in [0.3, 0.4) is 0 Å². The lowest BCUT2D eigenvalue weighted by molar-refractivity contribution is 0.301. The van der Waals surface area contributed by atoms with Crippen LogP contribution in [0.4, 0.5) is 4.39 Å². The number of benzene rings is 1. The van der Waals surface area contributed by atoms with Gasteiger partial charge in [0.05, 0.1) is 17.1 Å². The zero-order valence-electron chi connectivity index (χ0n) is 12.7. The minimum absolute atomic E-state index is 0.209. The van der Waals surface area contributed by atoms with Crippen molar-refractivity contribution in [3.05, 3.63) is 29.6 Å². The van der Waals surface area contributed by atoms with Gasteiger partial charge in [-0.25, -0.2) is 8.60 Å². The monoisotopic (exact) mass is 299 g/mol. The van der Waals surface area contributed by atoms with Gasteiger partial charge in [0.2, 0.25) is 0 Å². The summed E-state index contributed by atoms with van der Waals surface area (Å²) in [7, 11) is -1.33. The summed E-state index contributed by atoms with van der Waals surface area (Å²) in [6.45, 7) is 9.77. The van der Waals surface area contributed by atoms with Crippen LogP contribution in [0.25, 0.3) is 0 Å². The van der Waals surface area contributed by atoms with Crippen molar-refractivity contribution in [3.8, 4) is 5.75 Å². The Hall–Kier alpha value is -1.23. The number of hydrogen-bond donors (Lipinski definition) is 0. The van der Waals surface area contributed by atoms with Gasteiger partial charge in [0.15, 0.2) is 11.6 Å². The van der Waals surface area contributed by atoms with E-state index in [0.717, 1.165) is 12.0 Å². The number of rotatable bonds is 5. The van der Waals surface area contributed by atoms with Crippen LogP contribution < -0.4 is 4.74 Å². The minimum Gasteiger partial charge on any atom is -0.491 e. The lowest BCUT2D eigenvalue weighted by Gasteiger charge is -2.14. The summed E-state index contributed by atoms with van der Waals surface area (Å²) in [4.78, 5) is 0. The molecule has 112 valence electrons. The molecule has 1 rings (SSSR count). The van der Waals surface area contributed by atoms with Gasteiger partial charge in [0.25, 0.3) is 0 Å². The first kappa shape index (κ1) is 16.8. The Kier molecular flexibility index (Phi) is 5.87. The maximum absolute atomic E-state index is 13.6. The van der Waals surface area contributed by atoms with Gasteiger partial charge < -0.3 is 4.74 Å². The van der Waals surface area contributed by atoms with Crippen molar-refractivity contribution in [2.45, 2.75) is 45.8 Å². The Morgan fingerprint density at radius 2 is 2.05 bits per heavy atom. The summed E-state index contributed by atoms with van der Waals surface area (Å²) in [6.07, 6.45) is 0.810. The maximum atomic E-state index is 13.6. The lowest BCUT2D eigenvalue weighted by atomic mass is 10.1. The lowest BCUT2D eigenvalue weighted by Crippen LogP contribution is -2.20. The van der Waals surface area contributed by atoms with E-state index in [2.05, 4.69) is 4.40 Å². The summed E-state index contributed by atoms with van der Waals surface area (Å²) in [5.41, 5.74) is 1.33. The van der Waals surface area contributed by atoms with E-state index in [4.69, 9.17) is 4.74 Å². The standard InChI is InChI=1S/C15H22FNO2S/c1-6-9-19-14-10-12(7-8-13(14)16)11(2)17-20(18)15(3,4)5/h7-8,10H,6,9H2,1-5H3. The first-order chi connectivity index (χ1) is 9.25. The zero-order valence-corrected chi connectivity index (χ0v) is 13.5. The number of ether oxygens (including phenoxy) is 1. The van der Waals surface area contributed by atoms with E-state index in [1.165, 1.54) is 6.07 Å². The Bertz CT molecular complexity index is 521. The van der Waals surface area contributed by atoms with E-state index in [-0.39, 0.29) is 5.75 Å². The summed E-state index contributed by atoms with van der Waals surface area (Å²) < 4.78 is 34.7. The van der Waals surface area contributed by atoms with Gasteiger partial charge in [-0.1, -0.05) is 6.92 Å². The van der Waals surface area contributed by atoms with Crippen molar-refractivity contribution in [3.63, 3.8) is 0 Å². The summed E-state index contributed by atoms with van der Waals surface area (Å²) in [5.74, 6) is -0.188. The molecule has 0 aliphatic carbocycles. The molecule has 0 saturated carbocycles. The molecule has 0 amide bonds. The van der Waals surface area contributed by atoms with E-state index in [1.54, 1.807) is 19.1 Å². The van der Waals surface area contributed by atoms with Crippen LogP contribution in [-0.4, -0.2) is 21.3 Å². The molecular weight excluding hydrogens is 277 g/mol. The molecule has 1 aromatic rings. The molecule has 1 unspecified atom stereocenters. The number of halogens is 1. The SMILES string of the molecule is CCCOc1cc(C(C)=NS(=O)C(C)(C)C)ccc1F. The average molecular weight is 299 g/mol. The molecule has 0 aromatic heterocycles. The molecule has 0 aliphatic heterocycles. The van der Waals surface area contributed by atoms with Crippen molar-refractivity contribution in [1.29, 1.82) is 0 Å². The van der Waals surface area contributed by atoms with Crippen molar-refractivity contribution in [2.24, 2.45) is 4.40 Å². The van der Waals surface area contributed by atoms with E-state index in [1.807, 2.05) is 27.7 Å². The van der Waals surface area contributed by atoms with Crippen LogP contribution in [0.15, 0.2) is 22.6 Å². The van der Waals surface area contributed by atoms with Crippen LogP contribution in [0.2, 0.25) is 0 Å². The Morgan fingerprint density at radius 3 is 2.60 bits per heavy atom. The molecule has 5 heteroatoms. The first-order valence-corrected chi connectivity index (χ1v) is 7.76. The number of hydrogen-bond acceptors (Lipinski definition) is 2. The summed E-state index contributed by atoms with van der Waals surface area (Å²) in [6, 6.07) is 4.57. The number of nitrogens with zero attached hydrogens (tertiary/aromatic N) is 1. The zero-order chi connectivity index (χ0) is 15.3. The highest BCUT2D eigenvalue weighted by atomic mass is 32.2. The normalized spacial score (nSPS) is 14.2. The molecule has 20 heavy (non-hydrogen) atoms. The maximum Gasteiger partial charge on any atom is 0.165 e. The highest BCUT2D eigenvalue weighted by molar-refractivity contribution is 7.85. The van der Waals surface area contributed by atoms with Gasteiger partial charge >= 0.3 is 0 Å². The third kappa shape index (κ3) is 4.71. The molecule has 1 aromatic carbocycles. The van der Waals surface area contributed by atoms with Crippen LogP contribution >= 0.6 is 0 Å². The Morgan fingerprint density at radius 1 is 1.40 bits per heavy atom. The molecule has 0 radical (unpaired) electrons. The van der Waals surface area contributed by atoms with Crippen molar-refractivity contribution < 1.29 is 13.3 Å². The molecule has 3 nitrogen and oxygen atoms in total. The predicted molar refractivity (Wildman–Crippen MR) is 82.3 cm³/mol. The Balaban J connectivity index is 3.02. The molecule has 0 bridgehead atoms. The van der Waals surface area contributed by atoms with Crippen molar-refractivity contribution >= 4 is 16.7 Å². The molecule has 0 heterocycles. The second kappa shape index (κ2) is 6.97. The highest BCUT2D eigenvalue weighted by Gasteiger charge is 2.19. The van der Waals surface area contributed by atoms with Crippen LogP contribution in [0.5, 0.6) is 5.75 Å². The van der Waals surface area contributed by atoms with Gasteiger partial charge in [-0.3, -0.25) is 0 Å². The fraction of sp³-hybridized carbons (Fsp3) is 0.533. The fourth-order valence-corrected chi connectivity index (χ4v) is 1.99.